The molecule has 2 aliphatic carbocycles. The molecule has 1 N–H and O–H groups in total. The monoisotopic (exact) mass is 418 g/mol. The number of hydrogen-bond acceptors (Lipinski definition) is 5. The lowest BCUT2D eigenvalue weighted by molar-refractivity contribution is 0.0205. The van der Waals surface area contributed by atoms with E-state index in [1.807, 2.05) is 6.20 Å². The van der Waals surface area contributed by atoms with E-state index in [0.717, 1.165) is 39.2 Å². The van der Waals surface area contributed by atoms with Crippen LogP contribution in [0, 0.1) is 0 Å². The van der Waals surface area contributed by atoms with E-state index in [-0.39, 0.29) is 5.60 Å². The summed E-state index contributed by atoms with van der Waals surface area (Å²) in [7, 11) is 2.29. The lowest BCUT2D eigenvalue weighted by Crippen LogP contribution is -2.47. The molecule has 1 aromatic heterocycles. The molecule has 1 aromatic carbocycles. The van der Waals surface area contributed by atoms with Gasteiger partial charge in [0.15, 0.2) is 0 Å². The van der Waals surface area contributed by atoms with E-state index in [1.54, 1.807) is 5.56 Å². The highest BCUT2D eigenvalue weighted by molar-refractivity contribution is 5.59. The van der Waals surface area contributed by atoms with Gasteiger partial charge < -0.3 is 15.0 Å². The molecule has 2 aromatic rings. The smallest absolute Gasteiger partial charge is 0.0859 e. The summed E-state index contributed by atoms with van der Waals surface area (Å²) in [5.41, 5.74) is 7.38. The summed E-state index contributed by atoms with van der Waals surface area (Å²) in [6, 6.07) is 12.1. The van der Waals surface area contributed by atoms with Crippen LogP contribution in [0.3, 0.4) is 0 Å². The van der Waals surface area contributed by atoms with Crippen molar-refractivity contribution in [3.8, 4) is 0 Å². The number of aryl methyl sites for hydroxylation is 1. The SMILES string of the molecule is CN(C[C@@H]1Cc2c(cccc2N2CCOC3(CC3)C2)CN1)[C@H]1CCCc2cccnc21. The molecule has 0 bridgehead atoms. The van der Waals surface area contributed by atoms with Crippen LogP contribution < -0.4 is 10.2 Å². The topological polar surface area (TPSA) is 40.6 Å². The fourth-order valence-electron chi connectivity index (χ4n) is 6.00. The van der Waals surface area contributed by atoms with Crippen molar-refractivity contribution >= 4 is 5.69 Å². The van der Waals surface area contributed by atoms with E-state index in [4.69, 9.17) is 9.72 Å². The molecule has 1 saturated heterocycles. The van der Waals surface area contributed by atoms with Crippen LogP contribution in [0.5, 0.6) is 0 Å². The van der Waals surface area contributed by atoms with E-state index in [9.17, 15) is 0 Å². The number of morpholine rings is 1. The Kier molecular flexibility index (Phi) is 5.01. The van der Waals surface area contributed by atoms with Crippen LogP contribution in [0.4, 0.5) is 5.69 Å². The molecular weight excluding hydrogens is 384 g/mol. The van der Waals surface area contributed by atoms with Crippen LogP contribution in [-0.4, -0.2) is 54.8 Å². The largest absolute Gasteiger partial charge is 0.371 e. The first-order chi connectivity index (χ1) is 15.2. The first kappa shape index (κ1) is 19.7. The maximum Gasteiger partial charge on any atom is 0.0859 e. The summed E-state index contributed by atoms with van der Waals surface area (Å²) >= 11 is 0. The maximum atomic E-state index is 6.08. The Balaban J connectivity index is 1.19. The number of nitrogens with zero attached hydrogens (tertiary/aromatic N) is 3. The van der Waals surface area contributed by atoms with Crippen LogP contribution in [-0.2, 0) is 24.1 Å². The molecule has 3 heterocycles. The Hall–Kier alpha value is -1.95. The predicted octanol–water partition coefficient (Wildman–Crippen LogP) is 3.47. The summed E-state index contributed by atoms with van der Waals surface area (Å²) in [5.74, 6) is 0. The molecular formula is C26H34N4O. The van der Waals surface area contributed by atoms with Gasteiger partial charge in [0.2, 0.25) is 0 Å². The van der Waals surface area contributed by atoms with Gasteiger partial charge in [0.1, 0.15) is 0 Å². The maximum absolute atomic E-state index is 6.08. The van der Waals surface area contributed by atoms with E-state index in [1.165, 1.54) is 54.6 Å². The molecule has 0 radical (unpaired) electrons. The third kappa shape index (κ3) is 3.77. The van der Waals surface area contributed by atoms with Gasteiger partial charge in [-0.05, 0) is 74.4 Å². The first-order valence-corrected chi connectivity index (χ1v) is 12.1. The highest BCUT2D eigenvalue weighted by Crippen LogP contribution is 2.44. The standard InChI is InChI=1S/C26H34N4O/c1-29(24-9-2-5-19-7-4-12-27-25(19)24)17-21-15-22-20(16-28-21)6-3-8-23(22)30-13-14-31-26(18-30)10-11-26/h3-4,6-8,12,21,24,28H,2,5,9-11,13-18H2,1H3/t21-,24-/m0/s1. The number of likely N-dealkylation sites (N-methyl/N-ethyl adjacent to an activating group) is 1. The van der Waals surface area contributed by atoms with E-state index in [2.05, 4.69) is 52.5 Å². The number of hydrogen-bond donors (Lipinski definition) is 1. The molecule has 2 atom stereocenters. The van der Waals surface area contributed by atoms with Gasteiger partial charge in [-0.3, -0.25) is 9.88 Å². The third-order valence-electron chi connectivity index (χ3n) is 7.88. The molecule has 2 aliphatic heterocycles. The zero-order chi connectivity index (χ0) is 20.8. The van der Waals surface area contributed by atoms with Gasteiger partial charge in [0, 0.05) is 44.1 Å². The first-order valence-electron chi connectivity index (χ1n) is 12.1. The fraction of sp³-hybridized carbons (Fsp3) is 0.577. The summed E-state index contributed by atoms with van der Waals surface area (Å²) in [6.07, 6.45) is 9.16. The normalized spacial score (nSPS) is 26.6. The minimum absolute atomic E-state index is 0.162. The van der Waals surface area contributed by atoms with Crippen molar-refractivity contribution in [2.45, 2.75) is 62.8 Å². The molecule has 0 amide bonds. The van der Waals surface area contributed by atoms with E-state index < -0.39 is 0 Å². The van der Waals surface area contributed by atoms with Gasteiger partial charge in [-0.1, -0.05) is 18.2 Å². The Morgan fingerprint density at radius 3 is 3.03 bits per heavy atom. The quantitative estimate of drug-likeness (QED) is 0.823. The molecule has 0 unspecified atom stereocenters. The molecule has 5 heteroatoms. The molecule has 5 nitrogen and oxygen atoms in total. The molecule has 164 valence electrons. The molecule has 6 rings (SSSR count). The van der Waals surface area contributed by atoms with Gasteiger partial charge in [-0.25, -0.2) is 0 Å². The predicted molar refractivity (Wildman–Crippen MR) is 123 cm³/mol. The van der Waals surface area contributed by atoms with Crippen molar-refractivity contribution in [3.63, 3.8) is 0 Å². The van der Waals surface area contributed by atoms with Crippen LogP contribution in [0.1, 0.15) is 54.1 Å². The minimum atomic E-state index is 0.162. The average molecular weight is 419 g/mol. The second kappa shape index (κ2) is 7.88. The number of nitrogens with one attached hydrogen (secondary N) is 1. The average Bonchev–Trinajstić information content (AvgIpc) is 3.56. The minimum Gasteiger partial charge on any atom is -0.371 e. The second-order valence-corrected chi connectivity index (χ2v) is 10.0. The summed E-state index contributed by atoms with van der Waals surface area (Å²) in [5, 5.41) is 3.82. The van der Waals surface area contributed by atoms with Gasteiger partial charge in [-0.2, -0.15) is 0 Å². The van der Waals surface area contributed by atoms with Crippen LogP contribution in [0.15, 0.2) is 36.5 Å². The lowest BCUT2D eigenvalue weighted by Gasteiger charge is -2.39. The number of anilines is 1. The fourth-order valence-corrected chi connectivity index (χ4v) is 6.00. The van der Waals surface area contributed by atoms with Crippen LogP contribution >= 0.6 is 0 Å². The van der Waals surface area contributed by atoms with Gasteiger partial charge in [-0.15, -0.1) is 0 Å². The summed E-state index contributed by atoms with van der Waals surface area (Å²) in [4.78, 5) is 9.91. The second-order valence-electron chi connectivity index (χ2n) is 10.0. The Bertz CT molecular complexity index is 956. The van der Waals surface area contributed by atoms with Crippen molar-refractivity contribution in [3.05, 3.63) is 58.9 Å². The summed E-state index contributed by atoms with van der Waals surface area (Å²) < 4.78 is 6.08. The van der Waals surface area contributed by atoms with Crippen molar-refractivity contribution in [2.75, 3.05) is 38.2 Å². The molecule has 1 saturated carbocycles. The highest BCUT2D eigenvalue weighted by atomic mass is 16.5. The third-order valence-corrected chi connectivity index (χ3v) is 7.88. The Morgan fingerprint density at radius 2 is 2.13 bits per heavy atom. The molecule has 1 spiro atoms. The van der Waals surface area contributed by atoms with Gasteiger partial charge in [0.25, 0.3) is 0 Å². The zero-order valence-corrected chi connectivity index (χ0v) is 18.6. The van der Waals surface area contributed by atoms with Crippen molar-refractivity contribution < 1.29 is 4.74 Å². The Morgan fingerprint density at radius 1 is 1.23 bits per heavy atom. The van der Waals surface area contributed by atoms with Crippen molar-refractivity contribution in [1.82, 2.24) is 15.2 Å². The number of aromatic nitrogens is 1. The van der Waals surface area contributed by atoms with Crippen molar-refractivity contribution in [1.29, 1.82) is 0 Å². The zero-order valence-electron chi connectivity index (χ0n) is 18.6. The van der Waals surface area contributed by atoms with Crippen LogP contribution in [0.2, 0.25) is 0 Å². The lowest BCUT2D eigenvalue weighted by atomic mass is 9.89. The number of pyridine rings is 1. The highest BCUT2D eigenvalue weighted by Gasteiger charge is 2.47. The summed E-state index contributed by atoms with van der Waals surface area (Å²) in [6.45, 7) is 4.97. The number of rotatable bonds is 4. The molecule has 2 fully saturated rings. The van der Waals surface area contributed by atoms with E-state index >= 15 is 0 Å². The Labute approximate surface area is 185 Å². The number of ether oxygens (including phenoxy) is 1. The number of fused-ring (bicyclic) bond motifs is 2. The van der Waals surface area contributed by atoms with Gasteiger partial charge >= 0.3 is 0 Å². The van der Waals surface area contributed by atoms with E-state index in [0.29, 0.717) is 12.1 Å². The molecule has 31 heavy (non-hydrogen) atoms. The van der Waals surface area contributed by atoms with Crippen LogP contribution in [0.25, 0.3) is 0 Å². The van der Waals surface area contributed by atoms with Gasteiger partial charge in [0.05, 0.1) is 23.9 Å². The van der Waals surface area contributed by atoms with Crippen molar-refractivity contribution in [2.24, 2.45) is 0 Å². The molecule has 4 aliphatic rings. The number of benzene rings is 1.